The van der Waals surface area contributed by atoms with Crippen LogP contribution in [0.1, 0.15) is 5.82 Å². The van der Waals surface area contributed by atoms with Gasteiger partial charge < -0.3 is 15.0 Å². The van der Waals surface area contributed by atoms with Gasteiger partial charge in [0.05, 0.1) is 0 Å². The van der Waals surface area contributed by atoms with Crippen LogP contribution in [0, 0.1) is 6.92 Å². The van der Waals surface area contributed by atoms with E-state index in [-0.39, 0.29) is 12.4 Å². The van der Waals surface area contributed by atoms with Gasteiger partial charge >= 0.3 is 7.12 Å². The summed E-state index contributed by atoms with van der Waals surface area (Å²) in [5, 5.41) is 25.6. The number of aryl methyl sites for hydroxylation is 1. The first-order chi connectivity index (χ1) is 7.16. The highest BCUT2D eigenvalue weighted by Gasteiger charge is 2.10. The molecule has 0 spiro atoms. The molecule has 3 N–H and O–H groups in total. The van der Waals surface area contributed by atoms with Crippen LogP contribution in [-0.2, 0) is 0 Å². The Morgan fingerprint density at radius 3 is 2.19 bits per heavy atom. The number of aromatic amines is 1. The molecule has 0 unspecified atom stereocenters. The number of hydrogen-bond donors (Lipinski definition) is 3. The van der Waals surface area contributed by atoms with Gasteiger partial charge in [0.25, 0.3) is 0 Å². The Kier molecular flexibility index (Phi) is 4.06. The largest absolute Gasteiger partial charge is 0.488 e. The van der Waals surface area contributed by atoms with Crippen LogP contribution < -0.4 is 5.46 Å². The van der Waals surface area contributed by atoms with E-state index in [0.29, 0.717) is 11.3 Å². The van der Waals surface area contributed by atoms with E-state index in [1.54, 1.807) is 24.3 Å². The summed E-state index contributed by atoms with van der Waals surface area (Å²) in [5.74, 6) is 1.42. The summed E-state index contributed by atoms with van der Waals surface area (Å²) in [6, 6.07) is 6.79. The molecule has 1 heterocycles. The molecule has 16 heavy (non-hydrogen) atoms. The van der Waals surface area contributed by atoms with Gasteiger partial charge in [-0.2, -0.15) is 0 Å². The topological polar surface area (TPSA) is 82.0 Å². The van der Waals surface area contributed by atoms with E-state index < -0.39 is 7.12 Å². The lowest BCUT2D eigenvalue weighted by atomic mass is 9.80. The minimum atomic E-state index is -1.43. The van der Waals surface area contributed by atoms with Crippen LogP contribution in [0.2, 0.25) is 0 Å². The van der Waals surface area contributed by atoms with E-state index in [0.717, 1.165) is 11.4 Å². The van der Waals surface area contributed by atoms with E-state index in [2.05, 4.69) is 15.2 Å². The zero-order valence-electron chi connectivity index (χ0n) is 8.58. The molecule has 0 fully saturated rings. The van der Waals surface area contributed by atoms with Gasteiger partial charge in [-0.05, 0) is 12.4 Å². The summed E-state index contributed by atoms with van der Waals surface area (Å²) in [5.41, 5.74) is 1.31. The molecule has 0 aliphatic carbocycles. The fourth-order valence-electron chi connectivity index (χ4n) is 1.29. The zero-order chi connectivity index (χ0) is 10.8. The number of rotatable bonds is 2. The monoisotopic (exact) mass is 239 g/mol. The van der Waals surface area contributed by atoms with Crippen molar-refractivity contribution in [3.05, 3.63) is 30.1 Å². The van der Waals surface area contributed by atoms with Crippen molar-refractivity contribution in [1.82, 2.24) is 15.2 Å². The van der Waals surface area contributed by atoms with Crippen LogP contribution in [-0.4, -0.2) is 32.3 Å². The Hall–Kier alpha value is -1.37. The van der Waals surface area contributed by atoms with Crippen molar-refractivity contribution in [2.75, 3.05) is 0 Å². The molecule has 0 bridgehead atoms. The summed E-state index contributed by atoms with van der Waals surface area (Å²) < 4.78 is 0. The minimum absolute atomic E-state index is 0. The van der Waals surface area contributed by atoms with Crippen LogP contribution in [0.25, 0.3) is 11.4 Å². The van der Waals surface area contributed by atoms with Crippen molar-refractivity contribution in [1.29, 1.82) is 0 Å². The number of nitrogens with zero attached hydrogens (tertiary/aromatic N) is 2. The Morgan fingerprint density at radius 1 is 1.12 bits per heavy atom. The van der Waals surface area contributed by atoms with Crippen LogP contribution in [0.4, 0.5) is 0 Å². The summed E-state index contributed by atoms with van der Waals surface area (Å²) in [6.07, 6.45) is 0. The summed E-state index contributed by atoms with van der Waals surface area (Å²) in [6.45, 7) is 1.82. The lowest BCUT2D eigenvalue weighted by molar-refractivity contribution is 0.426. The summed E-state index contributed by atoms with van der Waals surface area (Å²) >= 11 is 0. The molecule has 0 saturated carbocycles. The fraction of sp³-hybridized carbons (Fsp3) is 0.111. The predicted octanol–water partition coefficient (Wildman–Crippen LogP) is -0.118. The number of H-pyrrole nitrogens is 1. The quantitative estimate of drug-likeness (QED) is 0.638. The molecule has 1 aromatic carbocycles. The number of nitrogens with one attached hydrogen (secondary N) is 1. The second kappa shape index (κ2) is 5.11. The lowest BCUT2D eigenvalue weighted by Gasteiger charge is -2.00. The number of aromatic nitrogens is 3. The second-order valence-corrected chi connectivity index (χ2v) is 3.25. The average molecular weight is 239 g/mol. The predicted molar refractivity (Wildman–Crippen MR) is 63.6 cm³/mol. The SMILES string of the molecule is Cc1nnc(-c2ccc(B(O)O)cc2)[nH]1.Cl. The van der Waals surface area contributed by atoms with Crippen molar-refractivity contribution >= 4 is 25.0 Å². The molecule has 2 aromatic rings. The molecule has 7 heteroatoms. The molecular formula is C9H11BClN3O2. The Morgan fingerprint density at radius 2 is 1.75 bits per heavy atom. The summed E-state index contributed by atoms with van der Waals surface area (Å²) in [4.78, 5) is 2.99. The third-order valence-electron chi connectivity index (χ3n) is 2.08. The van der Waals surface area contributed by atoms with E-state index in [1.165, 1.54) is 0 Å². The first-order valence-corrected chi connectivity index (χ1v) is 4.52. The molecule has 0 radical (unpaired) electrons. The van der Waals surface area contributed by atoms with E-state index in [4.69, 9.17) is 10.0 Å². The summed E-state index contributed by atoms with van der Waals surface area (Å²) in [7, 11) is -1.43. The molecule has 0 aliphatic rings. The maximum absolute atomic E-state index is 8.91. The first-order valence-electron chi connectivity index (χ1n) is 4.52. The number of halogens is 1. The standard InChI is InChI=1S/C9H10BN3O2.ClH/c1-6-11-9(13-12-6)7-2-4-8(5-3-7)10(14)15;/h2-5,14-15H,1H3,(H,11,12,13);1H. The fourth-order valence-corrected chi connectivity index (χ4v) is 1.29. The van der Waals surface area contributed by atoms with E-state index in [9.17, 15) is 0 Å². The van der Waals surface area contributed by atoms with Gasteiger partial charge in [0.1, 0.15) is 5.82 Å². The Bertz CT molecular complexity index is 458. The van der Waals surface area contributed by atoms with Gasteiger partial charge in [0, 0.05) is 5.56 Å². The van der Waals surface area contributed by atoms with Gasteiger partial charge in [-0.3, -0.25) is 0 Å². The van der Waals surface area contributed by atoms with Gasteiger partial charge in [0.2, 0.25) is 0 Å². The van der Waals surface area contributed by atoms with Crippen molar-refractivity contribution < 1.29 is 10.0 Å². The zero-order valence-corrected chi connectivity index (χ0v) is 9.40. The van der Waals surface area contributed by atoms with E-state index >= 15 is 0 Å². The smallest absolute Gasteiger partial charge is 0.423 e. The van der Waals surface area contributed by atoms with Crippen LogP contribution >= 0.6 is 12.4 Å². The molecule has 5 nitrogen and oxygen atoms in total. The normalized spacial score (nSPS) is 9.69. The van der Waals surface area contributed by atoms with Crippen LogP contribution in [0.3, 0.4) is 0 Å². The highest BCUT2D eigenvalue weighted by molar-refractivity contribution is 6.58. The van der Waals surface area contributed by atoms with Crippen molar-refractivity contribution in [2.45, 2.75) is 6.92 Å². The lowest BCUT2D eigenvalue weighted by Crippen LogP contribution is -2.29. The van der Waals surface area contributed by atoms with Crippen LogP contribution in [0.15, 0.2) is 24.3 Å². The minimum Gasteiger partial charge on any atom is -0.423 e. The molecule has 1 aromatic heterocycles. The molecular weight excluding hydrogens is 228 g/mol. The number of benzene rings is 1. The average Bonchev–Trinajstić information content (AvgIpc) is 2.65. The van der Waals surface area contributed by atoms with Crippen molar-refractivity contribution in [3.8, 4) is 11.4 Å². The molecule has 0 amide bonds. The van der Waals surface area contributed by atoms with Gasteiger partial charge in [-0.25, -0.2) is 0 Å². The van der Waals surface area contributed by atoms with Crippen LogP contribution in [0.5, 0.6) is 0 Å². The molecule has 84 valence electrons. The van der Waals surface area contributed by atoms with Gasteiger partial charge in [-0.15, -0.1) is 22.6 Å². The van der Waals surface area contributed by atoms with Gasteiger partial charge in [0.15, 0.2) is 5.82 Å². The first kappa shape index (κ1) is 12.7. The second-order valence-electron chi connectivity index (χ2n) is 3.25. The van der Waals surface area contributed by atoms with Gasteiger partial charge in [-0.1, -0.05) is 24.3 Å². The third-order valence-corrected chi connectivity index (χ3v) is 2.08. The molecule has 0 aliphatic heterocycles. The maximum Gasteiger partial charge on any atom is 0.488 e. The molecule has 2 rings (SSSR count). The van der Waals surface area contributed by atoms with E-state index in [1.807, 2.05) is 6.92 Å². The maximum atomic E-state index is 8.91. The van der Waals surface area contributed by atoms with Crippen molar-refractivity contribution in [2.24, 2.45) is 0 Å². The Balaban J connectivity index is 0.00000128. The third kappa shape index (κ3) is 2.60. The molecule has 0 saturated heterocycles. The molecule has 0 atom stereocenters. The number of hydrogen-bond acceptors (Lipinski definition) is 4. The highest BCUT2D eigenvalue weighted by atomic mass is 35.5. The highest BCUT2D eigenvalue weighted by Crippen LogP contribution is 2.12. The van der Waals surface area contributed by atoms with Crippen molar-refractivity contribution in [3.63, 3.8) is 0 Å². The Labute approximate surface area is 99.1 Å².